The number of rotatable bonds is 2. The summed E-state index contributed by atoms with van der Waals surface area (Å²) in [4.78, 5) is 18.0. The number of carbonyl (C=O) groups is 1. The van der Waals surface area contributed by atoms with Crippen LogP contribution in [0, 0.1) is 5.92 Å². The van der Waals surface area contributed by atoms with Crippen molar-refractivity contribution in [1.82, 2.24) is 9.88 Å². The topological polar surface area (TPSA) is 91.5 Å². The number of hydrazine groups is 1. The number of nitrogens with two attached hydrogens (primary N) is 1. The molecule has 2 heterocycles. The highest BCUT2D eigenvalue weighted by molar-refractivity contribution is 5.92. The number of hydrogen-bond acceptors (Lipinski definition) is 5. The first kappa shape index (κ1) is 12.8. The van der Waals surface area contributed by atoms with Gasteiger partial charge in [0.15, 0.2) is 0 Å². The second-order valence-corrected chi connectivity index (χ2v) is 4.66. The number of nitrogen functional groups attached to an aromatic ring is 1. The van der Waals surface area contributed by atoms with Gasteiger partial charge in [0.1, 0.15) is 5.69 Å². The molecule has 6 nitrogen and oxygen atoms in total. The molecule has 0 saturated carbocycles. The standard InChI is InChI=1S/C12H18N4O2/c1-8-7-16(5-4-11(8)17)12(18)10-3-2-9(15-13)6-14-10/h2-3,6,8,11,15,17H,4-5,7,13H2,1H3. The maximum absolute atomic E-state index is 12.2. The number of carbonyl (C=O) groups excluding carboxylic acids is 1. The van der Waals surface area contributed by atoms with E-state index in [1.54, 1.807) is 17.0 Å². The Morgan fingerprint density at radius 1 is 1.61 bits per heavy atom. The van der Waals surface area contributed by atoms with E-state index < -0.39 is 0 Å². The van der Waals surface area contributed by atoms with Crippen molar-refractivity contribution in [3.8, 4) is 0 Å². The van der Waals surface area contributed by atoms with Gasteiger partial charge in [0, 0.05) is 13.1 Å². The molecule has 1 amide bonds. The zero-order valence-corrected chi connectivity index (χ0v) is 10.3. The Bertz CT molecular complexity index is 421. The Balaban J connectivity index is 2.06. The number of anilines is 1. The van der Waals surface area contributed by atoms with Crippen LogP contribution in [0.1, 0.15) is 23.8 Å². The second kappa shape index (κ2) is 5.32. The summed E-state index contributed by atoms with van der Waals surface area (Å²) in [6.45, 7) is 3.08. The van der Waals surface area contributed by atoms with Crippen molar-refractivity contribution in [2.24, 2.45) is 11.8 Å². The summed E-state index contributed by atoms with van der Waals surface area (Å²) in [5, 5.41) is 9.64. The summed E-state index contributed by atoms with van der Waals surface area (Å²) in [7, 11) is 0. The molecule has 2 atom stereocenters. The van der Waals surface area contributed by atoms with Gasteiger partial charge in [0.25, 0.3) is 5.91 Å². The molecule has 18 heavy (non-hydrogen) atoms. The summed E-state index contributed by atoms with van der Waals surface area (Å²) in [5.74, 6) is 5.24. The van der Waals surface area contributed by atoms with Crippen LogP contribution in [0.3, 0.4) is 0 Å². The summed E-state index contributed by atoms with van der Waals surface area (Å²) in [6, 6.07) is 3.36. The van der Waals surface area contributed by atoms with Crippen LogP contribution in [0.4, 0.5) is 5.69 Å². The number of nitrogens with zero attached hydrogens (tertiary/aromatic N) is 2. The predicted molar refractivity (Wildman–Crippen MR) is 67.7 cm³/mol. The maximum Gasteiger partial charge on any atom is 0.272 e. The summed E-state index contributed by atoms with van der Waals surface area (Å²) < 4.78 is 0. The smallest absolute Gasteiger partial charge is 0.272 e. The number of amides is 1. The van der Waals surface area contributed by atoms with E-state index in [0.29, 0.717) is 30.9 Å². The first-order valence-corrected chi connectivity index (χ1v) is 6.02. The van der Waals surface area contributed by atoms with Crippen molar-refractivity contribution in [3.63, 3.8) is 0 Å². The van der Waals surface area contributed by atoms with Crippen LogP contribution in [0.25, 0.3) is 0 Å². The summed E-state index contributed by atoms with van der Waals surface area (Å²) in [6.07, 6.45) is 1.83. The minimum Gasteiger partial charge on any atom is -0.393 e. The van der Waals surface area contributed by atoms with Crippen molar-refractivity contribution in [2.75, 3.05) is 18.5 Å². The van der Waals surface area contributed by atoms with Crippen molar-refractivity contribution in [1.29, 1.82) is 0 Å². The lowest BCUT2D eigenvalue weighted by Gasteiger charge is -2.34. The zero-order valence-electron chi connectivity index (χ0n) is 10.3. The number of aromatic nitrogens is 1. The average Bonchev–Trinajstić information content (AvgIpc) is 2.41. The van der Waals surface area contributed by atoms with Gasteiger partial charge in [-0.2, -0.15) is 0 Å². The number of likely N-dealkylation sites (tertiary alicyclic amines) is 1. The number of nitrogens with one attached hydrogen (secondary N) is 1. The van der Waals surface area contributed by atoms with E-state index in [1.165, 1.54) is 6.20 Å². The van der Waals surface area contributed by atoms with Gasteiger partial charge in [0.2, 0.25) is 0 Å². The summed E-state index contributed by atoms with van der Waals surface area (Å²) in [5.41, 5.74) is 3.53. The minimum absolute atomic E-state index is 0.0997. The Kier molecular flexibility index (Phi) is 3.78. The van der Waals surface area contributed by atoms with Crippen LogP contribution in [-0.4, -0.2) is 40.1 Å². The van der Waals surface area contributed by atoms with Gasteiger partial charge >= 0.3 is 0 Å². The van der Waals surface area contributed by atoms with Gasteiger partial charge in [-0.3, -0.25) is 10.6 Å². The normalized spacial score (nSPS) is 23.8. The largest absolute Gasteiger partial charge is 0.393 e. The number of pyridine rings is 1. The lowest BCUT2D eigenvalue weighted by Crippen LogP contribution is -2.45. The molecule has 0 aliphatic carbocycles. The van der Waals surface area contributed by atoms with Crippen LogP contribution in [0.15, 0.2) is 18.3 Å². The molecule has 6 heteroatoms. The lowest BCUT2D eigenvalue weighted by molar-refractivity contribution is 0.0294. The third-order valence-corrected chi connectivity index (χ3v) is 3.30. The van der Waals surface area contributed by atoms with E-state index in [0.717, 1.165) is 0 Å². The second-order valence-electron chi connectivity index (χ2n) is 4.66. The molecular weight excluding hydrogens is 232 g/mol. The van der Waals surface area contributed by atoms with Gasteiger partial charge in [0.05, 0.1) is 18.0 Å². The molecule has 0 aromatic carbocycles. The third kappa shape index (κ3) is 2.60. The Hall–Kier alpha value is -1.66. The van der Waals surface area contributed by atoms with Gasteiger partial charge in [-0.1, -0.05) is 6.92 Å². The molecule has 0 spiro atoms. The predicted octanol–water partition coefficient (Wildman–Crippen LogP) is 0.210. The van der Waals surface area contributed by atoms with Crippen LogP contribution in [0.2, 0.25) is 0 Å². The van der Waals surface area contributed by atoms with Gasteiger partial charge in [-0.05, 0) is 24.5 Å². The van der Waals surface area contributed by atoms with E-state index in [4.69, 9.17) is 5.84 Å². The number of aliphatic hydroxyl groups excluding tert-OH is 1. The van der Waals surface area contributed by atoms with E-state index in [-0.39, 0.29) is 17.9 Å². The number of aliphatic hydroxyl groups is 1. The molecule has 2 unspecified atom stereocenters. The SMILES string of the molecule is CC1CN(C(=O)c2ccc(NN)cn2)CCC1O. The number of piperidine rings is 1. The van der Waals surface area contributed by atoms with Crippen molar-refractivity contribution in [3.05, 3.63) is 24.0 Å². The summed E-state index contributed by atoms with van der Waals surface area (Å²) >= 11 is 0. The van der Waals surface area contributed by atoms with Crippen LogP contribution in [-0.2, 0) is 0 Å². The Morgan fingerprint density at radius 2 is 2.39 bits per heavy atom. The number of hydrogen-bond donors (Lipinski definition) is 3. The fraction of sp³-hybridized carbons (Fsp3) is 0.500. The van der Waals surface area contributed by atoms with Crippen LogP contribution < -0.4 is 11.3 Å². The van der Waals surface area contributed by atoms with E-state index in [9.17, 15) is 9.90 Å². The molecule has 2 rings (SSSR count). The molecule has 1 fully saturated rings. The van der Waals surface area contributed by atoms with E-state index in [1.807, 2.05) is 6.92 Å². The fourth-order valence-corrected chi connectivity index (χ4v) is 2.09. The molecule has 1 aliphatic heterocycles. The molecule has 1 aromatic rings. The lowest BCUT2D eigenvalue weighted by atomic mass is 9.96. The van der Waals surface area contributed by atoms with Crippen LogP contribution in [0.5, 0.6) is 0 Å². The third-order valence-electron chi connectivity index (χ3n) is 3.30. The maximum atomic E-state index is 12.2. The first-order valence-electron chi connectivity index (χ1n) is 6.02. The van der Waals surface area contributed by atoms with E-state index >= 15 is 0 Å². The molecule has 0 bridgehead atoms. The molecule has 4 N–H and O–H groups in total. The monoisotopic (exact) mass is 250 g/mol. The Morgan fingerprint density at radius 3 is 2.94 bits per heavy atom. The molecule has 1 aromatic heterocycles. The van der Waals surface area contributed by atoms with E-state index in [2.05, 4.69) is 10.4 Å². The van der Waals surface area contributed by atoms with Crippen molar-refractivity contribution in [2.45, 2.75) is 19.4 Å². The molecule has 1 saturated heterocycles. The quantitative estimate of drug-likeness (QED) is 0.515. The Labute approximate surface area is 106 Å². The fourth-order valence-electron chi connectivity index (χ4n) is 2.09. The van der Waals surface area contributed by atoms with Crippen molar-refractivity contribution >= 4 is 11.6 Å². The van der Waals surface area contributed by atoms with Crippen LogP contribution >= 0.6 is 0 Å². The molecule has 1 aliphatic rings. The molecule has 98 valence electrons. The highest BCUT2D eigenvalue weighted by Gasteiger charge is 2.28. The van der Waals surface area contributed by atoms with Crippen molar-refractivity contribution < 1.29 is 9.90 Å². The van der Waals surface area contributed by atoms with Gasteiger partial charge in [-0.25, -0.2) is 4.98 Å². The van der Waals surface area contributed by atoms with Gasteiger partial charge < -0.3 is 15.4 Å². The van der Waals surface area contributed by atoms with Gasteiger partial charge in [-0.15, -0.1) is 0 Å². The average molecular weight is 250 g/mol. The first-order chi connectivity index (χ1) is 8.61. The highest BCUT2D eigenvalue weighted by atomic mass is 16.3. The minimum atomic E-state index is -0.314. The molecular formula is C12H18N4O2. The zero-order chi connectivity index (χ0) is 13.1. The highest BCUT2D eigenvalue weighted by Crippen LogP contribution is 2.18. The molecule has 0 radical (unpaired) electrons.